The Balaban J connectivity index is 1.79. The summed E-state index contributed by atoms with van der Waals surface area (Å²) in [6.07, 6.45) is 2.41. The van der Waals surface area contributed by atoms with Gasteiger partial charge in [-0.15, -0.1) is 0 Å². The third-order valence-corrected chi connectivity index (χ3v) is 4.45. The first-order valence-corrected chi connectivity index (χ1v) is 7.38. The predicted molar refractivity (Wildman–Crippen MR) is 82.2 cm³/mol. The number of aryl methyl sites for hydroxylation is 1. The van der Waals surface area contributed by atoms with Gasteiger partial charge in [0.1, 0.15) is 0 Å². The number of nitrogens with one attached hydrogen (secondary N) is 1. The van der Waals surface area contributed by atoms with Crippen molar-refractivity contribution in [2.24, 2.45) is 0 Å². The van der Waals surface area contributed by atoms with E-state index in [4.69, 9.17) is 0 Å². The summed E-state index contributed by atoms with van der Waals surface area (Å²) in [5.74, 6) is 0. The Morgan fingerprint density at radius 3 is 2.58 bits per heavy atom. The highest BCUT2D eigenvalue weighted by Crippen LogP contribution is 2.33. The molecule has 1 fully saturated rings. The lowest BCUT2D eigenvalue weighted by Crippen LogP contribution is -2.44. The van der Waals surface area contributed by atoms with E-state index in [0.717, 1.165) is 13.1 Å². The van der Waals surface area contributed by atoms with E-state index in [1.165, 1.54) is 42.9 Å². The van der Waals surface area contributed by atoms with E-state index < -0.39 is 0 Å². The molecule has 2 heterocycles. The van der Waals surface area contributed by atoms with Crippen LogP contribution in [0.3, 0.4) is 0 Å². The van der Waals surface area contributed by atoms with Gasteiger partial charge in [0.15, 0.2) is 0 Å². The lowest BCUT2D eigenvalue weighted by Gasteiger charge is -2.37. The highest BCUT2D eigenvalue weighted by atomic mass is 15.2. The van der Waals surface area contributed by atoms with E-state index in [9.17, 15) is 0 Å². The molecule has 0 saturated carbocycles. The third-order valence-electron chi connectivity index (χ3n) is 4.45. The van der Waals surface area contributed by atoms with Crippen molar-refractivity contribution in [3.63, 3.8) is 0 Å². The molecule has 19 heavy (non-hydrogen) atoms. The van der Waals surface area contributed by atoms with Crippen molar-refractivity contribution < 1.29 is 0 Å². The zero-order valence-corrected chi connectivity index (χ0v) is 12.4. The zero-order chi connectivity index (χ0) is 13.5. The van der Waals surface area contributed by atoms with Crippen molar-refractivity contribution in [1.29, 1.82) is 0 Å². The van der Waals surface area contributed by atoms with Gasteiger partial charge in [0.05, 0.1) is 0 Å². The fourth-order valence-corrected chi connectivity index (χ4v) is 3.04. The molecule has 0 bridgehead atoms. The molecule has 0 spiro atoms. The summed E-state index contributed by atoms with van der Waals surface area (Å²) in [4.78, 5) is 4.92. The number of benzene rings is 1. The molecule has 1 aromatic rings. The highest BCUT2D eigenvalue weighted by molar-refractivity contribution is 5.63. The average Bonchev–Trinajstić information content (AvgIpc) is 2.38. The Kier molecular flexibility index (Phi) is 3.17. The van der Waals surface area contributed by atoms with E-state index in [2.05, 4.69) is 54.2 Å². The summed E-state index contributed by atoms with van der Waals surface area (Å²) in [7, 11) is 2.20. The molecule has 0 unspecified atom stereocenters. The molecule has 0 aliphatic carbocycles. The van der Waals surface area contributed by atoms with Crippen LogP contribution >= 0.6 is 0 Å². The second-order valence-electron chi connectivity index (χ2n) is 6.64. The number of likely N-dealkylation sites (N-methyl/N-ethyl adjacent to an activating group) is 1. The zero-order valence-electron chi connectivity index (χ0n) is 12.4. The summed E-state index contributed by atoms with van der Waals surface area (Å²) in [6.45, 7) is 9.20. The van der Waals surface area contributed by atoms with Crippen LogP contribution in [0, 0.1) is 0 Å². The molecule has 0 aromatic heterocycles. The molecule has 0 amide bonds. The van der Waals surface area contributed by atoms with Crippen LogP contribution in [0.25, 0.3) is 0 Å². The number of fused-ring (bicyclic) bond motifs is 1. The minimum Gasteiger partial charge on any atom is -0.380 e. The van der Waals surface area contributed by atoms with Gasteiger partial charge < -0.3 is 15.1 Å². The van der Waals surface area contributed by atoms with Crippen LogP contribution in [0.15, 0.2) is 18.2 Å². The number of hydrogen-bond acceptors (Lipinski definition) is 3. The Morgan fingerprint density at radius 2 is 1.84 bits per heavy atom. The van der Waals surface area contributed by atoms with Gasteiger partial charge in [0, 0.05) is 43.1 Å². The normalized spacial score (nSPS) is 22.8. The van der Waals surface area contributed by atoms with Gasteiger partial charge in [-0.2, -0.15) is 0 Å². The molecule has 1 N–H and O–H groups in total. The van der Waals surface area contributed by atoms with Crippen LogP contribution in [-0.2, 0) is 6.42 Å². The fraction of sp³-hybridized carbons (Fsp3) is 0.625. The lowest BCUT2D eigenvalue weighted by atomic mass is 9.89. The van der Waals surface area contributed by atoms with E-state index in [0.29, 0.717) is 0 Å². The maximum absolute atomic E-state index is 3.65. The number of piperazine rings is 1. The van der Waals surface area contributed by atoms with Gasteiger partial charge in [0.2, 0.25) is 0 Å². The summed E-state index contributed by atoms with van der Waals surface area (Å²) in [5.41, 5.74) is 4.45. The topological polar surface area (TPSA) is 18.5 Å². The summed E-state index contributed by atoms with van der Waals surface area (Å²) in [5, 5.41) is 3.65. The van der Waals surface area contributed by atoms with Crippen molar-refractivity contribution in [3.05, 3.63) is 23.8 Å². The Bertz CT molecular complexity index is 459. The standard InChI is InChI=1S/C16H25N3/c1-16(2)7-6-13-12-14(4-5-15(13)17-16)19-10-8-18(3)9-11-19/h4-5,12,17H,6-11H2,1-3H3. The van der Waals surface area contributed by atoms with Crippen LogP contribution in [0.5, 0.6) is 0 Å². The molecule has 0 atom stereocenters. The molecule has 2 aliphatic heterocycles. The van der Waals surface area contributed by atoms with Crippen LogP contribution in [-0.4, -0.2) is 43.7 Å². The van der Waals surface area contributed by atoms with Crippen molar-refractivity contribution >= 4 is 11.4 Å². The number of nitrogens with zero attached hydrogens (tertiary/aromatic N) is 2. The van der Waals surface area contributed by atoms with Crippen LogP contribution in [0.4, 0.5) is 11.4 Å². The van der Waals surface area contributed by atoms with Crippen molar-refractivity contribution in [1.82, 2.24) is 4.90 Å². The molecule has 1 aromatic carbocycles. The second kappa shape index (κ2) is 4.71. The first kappa shape index (κ1) is 12.8. The van der Waals surface area contributed by atoms with Crippen LogP contribution < -0.4 is 10.2 Å². The fourth-order valence-electron chi connectivity index (χ4n) is 3.04. The first-order chi connectivity index (χ1) is 9.03. The maximum atomic E-state index is 3.65. The minimum absolute atomic E-state index is 0.238. The van der Waals surface area contributed by atoms with Crippen molar-refractivity contribution in [2.45, 2.75) is 32.2 Å². The average molecular weight is 259 g/mol. The maximum Gasteiger partial charge on any atom is 0.0378 e. The number of hydrogen-bond donors (Lipinski definition) is 1. The molecular weight excluding hydrogens is 234 g/mol. The van der Waals surface area contributed by atoms with E-state index in [1.807, 2.05) is 0 Å². The first-order valence-electron chi connectivity index (χ1n) is 7.38. The summed E-state index contributed by atoms with van der Waals surface area (Å²) < 4.78 is 0. The molecule has 1 saturated heterocycles. The SMILES string of the molecule is CN1CCN(c2ccc3c(c2)CCC(C)(C)N3)CC1. The second-order valence-corrected chi connectivity index (χ2v) is 6.64. The van der Waals surface area contributed by atoms with Gasteiger partial charge in [-0.3, -0.25) is 0 Å². The smallest absolute Gasteiger partial charge is 0.0378 e. The van der Waals surface area contributed by atoms with Crippen LogP contribution in [0.2, 0.25) is 0 Å². The van der Waals surface area contributed by atoms with E-state index >= 15 is 0 Å². The van der Waals surface area contributed by atoms with Gasteiger partial charge in [-0.1, -0.05) is 0 Å². The van der Waals surface area contributed by atoms with Crippen molar-refractivity contribution in [3.8, 4) is 0 Å². The Hall–Kier alpha value is -1.22. The van der Waals surface area contributed by atoms with Crippen molar-refractivity contribution in [2.75, 3.05) is 43.4 Å². The number of rotatable bonds is 1. The molecule has 104 valence electrons. The summed E-state index contributed by atoms with van der Waals surface area (Å²) >= 11 is 0. The Labute approximate surface area is 116 Å². The third kappa shape index (κ3) is 2.71. The number of anilines is 2. The highest BCUT2D eigenvalue weighted by Gasteiger charge is 2.24. The molecule has 3 heteroatoms. The lowest BCUT2D eigenvalue weighted by molar-refractivity contribution is 0.313. The Morgan fingerprint density at radius 1 is 1.11 bits per heavy atom. The van der Waals surface area contributed by atoms with E-state index in [-0.39, 0.29) is 5.54 Å². The monoisotopic (exact) mass is 259 g/mol. The van der Waals surface area contributed by atoms with Gasteiger partial charge in [0.25, 0.3) is 0 Å². The van der Waals surface area contributed by atoms with Gasteiger partial charge in [-0.25, -0.2) is 0 Å². The minimum atomic E-state index is 0.238. The van der Waals surface area contributed by atoms with Gasteiger partial charge >= 0.3 is 0 Å². The molecular formula is C16H25N3. The molecule has 2 aliphatic rings. The molecule has 3 nitrogen and oxygen atoms in total. The molecule has 3 rings (SSSR count). The van der Waals surface area contributed by atoms with Crippen LogP contribution in [0.1, 0.15) is 25.8 Å². The quantitative estimate of drug-likeness (QED) is 0.836. The molecule has 0 radical (unpaired) electrons. The predicted octanol–water partition coefficient (Wildman–Crippen LogP) is 2.58. The summed E-state index contributed by atoms with van der Waals surface area (Å²) in [6, 6.07) is 6.94. The van der Waals surface area contributed by atoms with E-state index in [1.54, 1.807) is 0 Å². The largest absolute Gasteiger partial charge is 0.380 e. The van der Waals surface area contributed by atoms with Gasteiger partial charge in [-0.05, 0) is 57.5 Å².